The molecule has 1 unspecified atom stereocenters. The van der Waals surface area contributed by atoms with E-state index in [0.717, 1.165) is 15.6 Å². The quantitative estimate of drug-likeness (QED) is 0.861. The van der Waals surface area contributed by atoms with Crippen LogP contribution in [0.3, 0.4) is 0 Å². The van der Waals surface area contributed by atoms with Crippen LogP contribution in [0.2, 0.25) is 0 Å². The summed E-state index contributed by atoms with van der Waals surface area (Å²) in [6.07, 6.45) is -3.53. The molecular formula is C14H16F3NS. The van der Waals surface area contributed by atoms with Crippen LogP contribution in [-0.2, 0) is 6.42 Å². The number of hydrogen-bond acceptors (Lipinski definition) is 2. The molecule has 0 spiro atoms. The van der Waals surface area contributed by atoms with Gasteiger partial charge in [-0.1, -0.05) is 25.1 Å². The molecule has 0 aliphatic rings. The number of rotatable bonds is 5. The summed E-state index contributed by atoms with van der Waals surface area (Å²) in [5.74, 6) is 0. The van der Waals surface area contributed by atoms with Crippen LogP contribution in [0.15, 0.2) is 29.6 Å². The van der Waals surface area contributed by atoms with Gasteiger partial charge in [-0.15, -0.1) is 11.3 Å². The molecule has 2 aromatic rings. The second-order valence-electron chi connectivity index (χ2n) is 4.51. The van der Waals surface area contributed by atoms with E-state index in [2.05, 4.69) is 5.32 Å². The second-order valence-corrected chi connectivity index (χ2v) is 5.42. The summed E-state index contributed by atoms with van der Waals surface area (Å²) < 4.78 is 40.0. The van der Waals surface area contributed by atoms with E-state index in [9.17, 15) is 13.2 Å². The molecule has 1 atom stereocenters. The number of benzene rings is 1. The predicted molar refractivity (Wildman–Crippen MR) is 73.7 cm³/mol. The van der Waals surface area contributed by atoms with Crippen molar-refractivity contribution < 1.29 is 13.2 Å². The van der Waals surface area contributed by atoms with Crippen LogP contribution < -0.4 is 5.32 Å². The fraction of sp³-hybridized carbons (Fsp3) is 0.429. The van der Waals surface area contributed by atoms with Gasteiger partial charge in [0.05, 0.1) is 0 Å². The van der Waals surface area contributed by atoms with E-state index in [4.69, 9.17) is 0 Å². The zero-order valence-electron chi connectivity index (χ0n) is 10.6. The molecule has 2 rings (SSSR count). The zero-order valence-corrected chi connectivity index (χ0v) is 11.4. The van der Waals surface area contributed by atoms with E-state index in [-0.39, 0.29) is 6.42 Å². The third-order valence-corrected chi connectivity index (χ3v) is 4.03. The van der Waals surface area contributed by atoms with E-state index >= 15 is 0 Å². The Labute approximate surface area is 114 Å². The first-order valence-electron chi connectivity index (χ1n) is 6.27. The third-order valence-electron chi connectivity index (χ3n) is 3.02. The minimum Gasteiger partial charge on any atom is -0.306 e. The van der Waals surface area contributed by atoms with Crippen molar-refractivity contribution in [3.8, 4) is 0 Å². The maximum Gasteiger partial charge on any atom is 0.404 e. The Hall–Kier alpha value is -1.07. The van der Waals surface area contributed by atoms with Gasteiger partial charge in [0.15, 0.2) is 0 Å². The molecule has 0 aliphatic heterocycles. The van der Waals surface area contributed by atoms with Gasteiger partial charge in [-0.3, -0.25) is 0 Å². The van der Waals surface area contributed by atoms with Crippen molar-refractivity contribution in [1.29, 1.82) is 0 Å². The zero-order chi connectivity index (χ0) is 13.9. The van der Waals surface area contributed by atoms with Crippen molar-refractivity contribution in [2.45, 2.75) is 32.0 Å². The van der Waals surface area contributed by atoms with E-state index in [1.165, 1.54) is 11.3 Å². The maximum atomic E-state index is 13.0. The van der Waals surface area contributed by atoms with Crippen LogP contribution in [0.25, 0.3) is 10.1 Å². The van der Waals surface area contributed by atoms with Gasteiger partial charge in [0.1, 0.15) is 6.04 Å². The molecule has 19 heavy (non-hydrogen) atoms. The van der Waals surface area contributed by atoms with Crippen molar-refractivity contribution in [3.05, 3.63) is 35.2 Å². The summed E-state index contributed by atoms with van der Waals surface area (Å²) in [6, 6.07) is 6.12. The van der Waals surface area contributed by atoms with Crippen molar-refractivity contribution in [2.75, 3.05) is 6.54 Å². The highest BCUT2D eigenvalue weighted by atomic mass is 32.1. The van der Waals surface area contributed by atoms with Crippen LogP contribution in [0.5, 0.6) is 0 Å². The molecule has 0 aliphatic carbocycles. The fourth-order valence-corrected chi connectivity index (χ4v) is 3.01. The Morgan fingerprint density at radius 3 is 2.68 bits per heavy atom. The lowest BCUT2D eigenvalue weighted by Gasteiger charge is -2.21. The maximum absolute atomic E-state index is 13.0. The van der Waals surface area contributed by atoms with E-state index < -0.39 is 12.2 Å². The van der Waals surface area contributed by atoms with Crippen LogP contribution in [0.4, 0.5) is 13.2 Å². The molecule has 1 heterocycles. The molecule has 0 amide bonds. The lowest BCUT2D eigenvalue weighted by Crippen LogP contribution is -2.44. The first kappa shape index (κ1) is 14.3. The standard InChI is InChI=1S/C14H16F3NS/c1-2-7-18-13(14(15,16)17)8-10-9-19-12-6-4-3-5-11(10)12/h3-6,9,13,18H,2,7-8H2,1H3. The van der Waals surface area contributed by atoms with Crippen LogP contribution in [0, 0.1) is 0 Å². The molecule has 1 N–H and O–H groups in total. The molecule has 0 fully saturated rings. The van der Waals surface area contributed by atoms with Crippen LogP contribution in [-0.4, -0.2) is 18.8 Å². The van der Waals surface area contributed by atoms with Gasteiger partial charge in [0.2, 0.25) is 0 Å². The van der Waals surface area contributed by atoms with Crippen molar-refractivity contribution in [2.24, 2.45) is 0 Å². The minimum absolute atomic E-state index is 0.00644. The Bertz CT molecular complexity index is 533. The molecule has 0 saturated carbocycles. The largest absolute Gasteiger partial charge is 0.404 e. The monoisotopic (exact) mass is 287 g/mol. The Balaban J connectivity index is 2.21. The van der Waals surface area contributed by atoms with E-state index in [1.807, 2.05) is 36.6 Å². The SMILES string of the molecule is CCCNC(Cc1csc2ccccc12)C(F)(F)F. The fourth-order valence-electron chi connectivity index (χ4n) is 2.03. The molecule has 1 aromatic heterocycles. The smallest absolute Gasteiger partial charge is 0.306 e. The number of hydrogen-bond donors (Lipinski definition) is 1. The van der Waals surface area contributed by atoms with Gasteiger partial charge in [-0.05, 0) is 41.8 Å². The Morgan fingerprint density at radius 2 is 2.00 bits per heavy atom. The van der Waals surface area contributed by atoms with E-state index in [0.29, 0.717) is 13.0 Å². The number of thiophene rings is 1. The van der Waals surface area contributed by atoms with Gasteiger partial charge < -0.3 is 5.32 Å². The molecule has 0 bridgehead atoms. The summed E-state index contributed by atoms with van der Waals surface area (Å²) >= 11 is 1.50. The van der Waals surface area contributed by atoms with Gasteiger partial charge in [-0.25, -0.2) is 0 Å². The molecule has 0 saturated heterocycles. The number of alkyl halides is 3. The Kier molecular flexibility index (Phi) is 4.47. The lowest BCUT2D eigenvalue weighted by molar-refractivity contribution is -0.155. The van der Waals surface area contributed by atoms with Crippen molar-refractivity contribution in [3.63, 3.8) is 0 Å². The van der Waals surface area contributed by atoms with Gasteiger partial charge in [0.25, 0.3) is 0 Å². The van der Waals surface area contributed by atoms with Gasteiger partial charge in [0, 0.05) is 4.70 Å². The first-order chi connectivity index (χ1) is 9.02. The third kappa shape index (κ3) is 3.48. The molecule has 0 radical (unpaired) electrons. The number of nitrogens with one attached hydrogen (secondary N) is 1. The molecular weight excluding hydrogens is 271 g/mol. The highest BCUT2D eigenvalue weighted by molar-refractivity contribution is 7.17. The number of fused-ring (bicyclic) bond motifs is 1. The summed E-state index contributed by atoms with van der Waals surface area (Å²) in [7, 11) is 0. The van der Waals surface area contributed by atoms with Gasteiger partial charge >= 0.3 is 6.18 Å². The molecule has 1 nitrogen and oxygen atoms in total. The first-order valence-corrected chi connectivity index (χ1v) is 7.15. The van der Waals surface area contributed by atoms with Gasteiger partial charge in [-0.2, -0.15) is 13.2 Å². The average Bonchev–Trinajstić information content (AvgIpc) is 2.76. The molecule has 104 valence electrons. The average molecular weight is 287 g/mol. The van der Waals surface area contributed by atoms with E-state index in [1.54, 1.807) is 0 Å². The highest BCUT2D eigenvalue weighted by Gasteiger charge is 2.39. The van der Waals surface area contributed by atoms with Crippen LogP contribution >= 0.6 is 11.3 Å². The summed E-state index contributed by atoms with van der Waals surface area (Å²) in [6.45, 7) is 2.24. The summed E-state index contributed by atoms with van der Waals surface area (Å²) in [5, 5.41) is 5.35. The Morgan fingerprint density at radius 1 is 1.26 bits per heavy atom. The lowest BCUT2D eigenvalue weighted by atomic mass is 10.0. The summed E-state index contributed by atoms with van der Waals surface area (Å²) in [4.78, 5) is 0. The molecule has 1 aromatic carbocycles. The second kappa shape index (κ2) is 5.92. The topological polar surface area (TPSA) is 12.0 Å². The highest BCUT2D eigenvalue weighted by Crippen LogP contribution is 2.30. The van der Waals surface area contributed by atoms with Crippen molar-refractivity contribution in [1.82, 2.24) is 5.32 Å². The minimum atomic E-state index is -4.21. The predicted octanol–water partition coefficient (Wildman–Crippen LogP) is 4.37. The normalized spacial score (nSPS) is 13.9. The molecule has 5 heteroatoms. The number of halogens is 3. The van der Waals surface area contributed by atoms with Crippen LogP contribution in [0.1, 0.15) is 18.9 Å². The van der Waals surface area contributed by atoms with Crippen molar-refractivity contribution >= 4 is 21.4 Å². The summed E-state index contributed by atoms with van der Waals surface area (Å²) in [5.41, 5.74) is 0.770.